The lowest BCUT2D eigenvalue weighted by Crippen LogP contribution is -2.12. The first-order chi connectivity index (χ1) is 15.0. The van der Waals surface area contributed by atoms with E-state index in [1.165, 1.54) is 0 Å². The number of hydrogen-bond donors (Lipinski definition) is 1. The Hall–Kier alpha value is -3.42. The summed E-state index contributed by atoms with van der Waals surface area (Å²) < 4.78 is 30.5. The van der Waals surface area contributed by atoms with Crippen molar-refractivity contribution in [2.24, 2.45) is 0 Å². The minimum Gasteiger partial charge on any atom is -0.294 e. The van der Waals surface area contributed by atoms with E-state index in [-0.39, 0.29) is 4.90 Å². The van der Waals surface area contributed by atoms with E-state index in [1.807, 2.05) is 72.1 Å². The summed E-state index contributed by atoms with van der Waals surface area (Å²) in [6.07, 6.45) is 1.97. The maximum absolute atomic E-state index is 12.9. The van der Waals surface area contributed by atoms with Gasteiger partial charge in [-0.05, 0) is 42.3 Å². The quantitative estimate of drug-likeness (QED) is 0.370. The van der Waals surface area contributed by atoms with E-state index in [0.29, 0.717) is 5.69 Å². The number of nitrogens with one attached hydrogen (secondary N) is 1. The Balaban J connectivity index is 1.40. The molecule has 0 aliphatic carbocycles. The molecule has 5 nitrogen and oxygen atoms in total. The molecule has 0 bridgehead atoms. The summed E-state index contributed by atoms with van der Waals surface area (Å²) in [6, 6.07) is 24.0. The molecule has 3 aromatic carbocycles. The third-order valence-electron chi connectivity index (χ3n) is 5.07. The second-order valence-electron chi connectivity index (χ2n) is 7.23. The number of aryl methyl sites for hydroxylation is 1. The molecule has 0 radical (unpaired) electrons. The highest BCUT2D eigenvalue weighted by atomic mass is 32.2. The summed E-state index contributed by atoms with van der Waals surface area (Å²) in [5.74, 6) is 0. The predicted molar refractivity (Wildman–Crippen MR) is 126 cm³/mol. The SMILES string of the molecule is Cc1csc2nc(-c3cccc(NS(=O)(=O)c4ccc(-c5ccccc5)cc4)c3)cn12. The van der Waals surface area contributed by atoms with Gasteiger partial charge in [-0.15, -0.1) is 11.3 Å². The van der Waals surface area contributed by atoms with E-state index in [0.717, 1.165) is 33.0 Å². The number of rotatable bonds is 5. The van der Waals surface area contributed by atoms with Crippen molar-refractivity contribution in [1.29, 1.82) is 0 Å². The van der Waals surface area contributed by atoms with E-state index in [9.17, 15) is 8.42 Å². The molecule has 154 valence electrons. The van der Waals surface area contributed by atoms with Crippen LogP contribution in [0, 0.1) is 6.92 Å². The standard InChI is InChI=1S/C24H19N3O2S2/c1-17-16-30-24-25-23(15-27(17)24)20-8-5-9-21(14-20)26-31(28,29)22-12-10-19(11-13-22)18-6-3-2-4-7-18/h2-16,26H,1H3. The van der Waals surface area contributed by atoms with Gasteiger partial charge in [-0.25, -0.2) is 13.4 Å². The van der Waals surface area contributed by atoms with Crippen LogP contribution in [0.5, 0.6) is 0 Å². The Labute approximate surface area is 184 Å². The van der Waals surface area contributed by atoms with Gasteiger partial charge in [0.1, 0.15) is 0 Å². The Morgan fingerprint density at radius 2 is 1.58 bits per heavy atom. The number of fused-ring (bicyclic) bond motifs is 1. The summed E-state index contributed by atoms with van der Waals surface area (Å²) in [5.41, 5.74) is 5.30. The Morgan fingerprint density at radius 3 is 2.32 bits per heavy atom. The lowest BCUT2D eigenvalue weighted by atomic mass is 10.1. The Kier molecular flexibility index (Phi) is 4.84. The van der Waals surface area contributed by atoms with Gasteiger partial charge in [0.2, 0.25) is 0 Å². The van der Waals surface area contributed by atoms with Crippen molar-refractivity contribution < 1.29 is 8.42 Å². The molecule has 7 heteroatoms. The highest BCUT2D eigenvalue weighted by Crippen LogP contribution is 2.27. The number of hydrogen-bond acceptors (Lipinski definition) is 4. The number of anilines is 1. The molecule has 2 heterocycles. The van der Waals surface area contributed by atoms with Crippen LogP contribution in [0.2, 0.25) is 0 Å². The smallest absolute Gasteiger partial charge is 0.261 e. The van der Waals surface area contributed by atoms with Crippen molar-refractivity contribution in [3.8, 4) is 22.4 Å². The molecule has 0 saturated heterocycles. The van der Waals surface area contributed by atoms with Crippen LogP contribution in [0.3, 0.4) is 0 Å². The molecule has 0 fully saturated rings. The largest absolute Gasteiger partial charge is 0.294 e. The van der Waals surface area contributed by atoms with Gasteiger partial charge >= 0.3 is 0 Å². The summed E-state index contributed by atoms with van der Waals surface area (Å²) in [7, 11) is -3.71. The summed E-state index contributed by atoms with van der Waals surface area (Å²) in [6.45, 7) is 2.03. The van der Waals surface area contributed by atoms with E-state index in [4.69, 9.17) is 0 Å². The van der Waals surface area contributed by atoms with Crippen molar-refractivity contribution in [2.75, 3.05) is 4.72 Å². The van der Waals surface area contributed by atoms with E-state index in [1.54, 1.807) is 35.6 Å². The van der Waals surface area contributed by atoms with Crippen molar-refractivity contribution in [3.05, 3.63) is 96.1 Å². The van der Waals surface area contributed by atoms with Gasteiger partial charge in [0, 0.05) is 28.5 Å². The fraction of sp³-hybridized carbons (Fsp3) is 0.0417. The van der Waals surface area contributed by atoms with E-state index in [2.05, 4.69) is 15.1 Å². The second-order valence-corrected chi connectivity index (χ2v) is 9.75. The van der Waals surface area contributed by atoms with Gasteiger partial charge < -0.3 is 0 Å². The van der Waals surface area contributed by atoms with Crippen LogP contribution >= 0.6 is 11.3 Å². The lowest BCUT2D eigenvalue weighted by molar-refractivity contribution is 0.601. The zero-order valence-corrected chi connectivity index (χ0v) is 18.3. The van der Waals surface area contributed by atoms with Crippen LogP contribution < -0.4 is 4.72 Å². The van der Waals surface area contributed by atoms with Crippen LogP contribution in [0.4, 0.5) is 5.69 Å². The van der Waals surface area contributed by atoms with Gasteiger partial charge in [0.25, 0.3) is 10.0 Å². The molecule has 2 aromatic heterocycles. The molecule has 31 heavy (non-hydrogen) atoms. The molecule has 0 amide bonds. The molecule has 0 atom stereocenters. The molecule has 0 unspecified atom stereocenters. The van der Waals surface area contributed by atoms with E-state index < -0.39 is 10.0 Å². The number of nitrogens with zero attached hydrogens (tertiary/aromatic N) is 2. The topological polar surface area (TPSA) is 63.5 Å². The van der Waals surface area contributed by atoms with Crippen molar-refractivity contribution in [3.63, 3.8) is 0 Å². The Morgan fingerprint density at radius 1 is 0.871 bits per heavy atom. The predicted octanol–water partition coefficient (Wildman–Crippen LogP) is 5.84. The number of benzene rings is 3. The third-order valence-corrected chi connectivity index (χ3v) is 7.43. The molecule has 5 rings (SSSR count). The van der Waals surface area contributed by atoms with Crippen LogP contribution in [0.1, 0.15) is 5.69 Å². The molecular formula is C24H19N3O2S2. The zero-order valence-electron chi connectivity index (χ0n) is 16.7. The van der Waals surface area contributed by atoms with E-state index >= 15 is 0 Å². The molecule has 0 saturated carbocycles. The molecule has 1 N–H and O–H groups in total. The van der Waals surface area contributed by atoms with Crippen molar-refractivity contribution in [1.82, 2.24) is 9.38 Å². The van der Waals surface area contributed by atoms with Crippen LogP contribution in [0.25, 0.3) is 27.3 Å². The minimum atomic E-state index is -3.71. The summed E-state index contributed by atoms with van der Waals surface area (Å²) >= 11 is 1.58. The maximum atomic E-state index is 12.9. The van der Waals surface area contributed by atoms with Gasteiger partial charge in [-0.2, -0.15) is 0 Å². The summed E-state index contributed by atoms with van der Waals surface area (Å²) in [4.78, 5) is 5.77. The average molecular weight is 446 g/mol. The van der Waals surface area contributed by atoms with Gasteiger partial charge in [-0.3, -0.25) is 9.12 Å². The van der Waals surface area contributed by atoms with Crippen molar-refractivity contribution in [2.45, 2.75) is 11.8 Å². The third kappa shape index (κ3) is 3.85. The highest BCUT2D eigenvalue weighted by molar-refractivity contribution is 7.92. The fourth-order valence-corrected chi connectivity index (χ4v) is 5.35. The maximum Gasteiger partial charge on any atom is 0.261 e. The second kappa shape index (κ2) is 7.68. The molecule has 5 aromatic rings. The average Bonchev–Trinajstić information content (AvgIpc) is 3.36. The van der Waals surface area contributed by atoms with Gasteiger partial charge in [0.15, 0.2) is 4.96 Å². The number of sulfonamides is 1. The normalized spacial score (nSPS) is 11.6. The van der Waals surface area contributed by atoms with Gasteiger partial charge in [-0.1, -0.05) is 54.6 Å². The molecule has 0 aliphatic rings. The molecular weight excluding hydrogens is 426 g/mol. The molecule has 0 aliphatic heterocycles. The monoisotopic (exact) mass is 445 g/mol. The summed E-state index contributed by atoms with van der Waals surface area (Å²) in [5, 5.41) is 2.06. The number of aromatic nitrogens is 2. The molecule has 0 spiro atoms. The fourth-order valence-electron chi connectivity index (χ4n) is 3.45. The van der Waals surface area contributed by atoms with Crippen LogP contribution in [-0.2, 0) is 10.0 Å². The minimum absolute atomic E-state index is 0.218. The Bertz CT molecular complexity index is 1470. The lowest BCUT2D eigenvalue weighted by Gasteiger charge is -2.10. The highest BCUT2D eigenvalue weighted by Gasteiger charge is 2.15. The van der Waals surface area contributed by atoms with Crippen molar-refractivity contribution >= 4 is 32.0 Å². The number of thiazole rings is 1. The first kappa shape index (κ1) is 19.5. The van der Waals surface area contributed by atoms with Crippen LogP contribution in [0.15, 0.2) is 95.3 Å². The first-order valence-electron chi connectivity index (χ1n) is 9.71. The van der Waals surface area contributed by atoms with Crippen LogP contribution in [-0.4, -0.2) is 17.8 Å². The van der Waals surface area contributed by atoms with Gasteiger partial charge in [0.05, 0.1) is 10.6 Å². The number of imidazole rings is 1. The first-order valence-corrected chi connectivity index (χ1v) is 12.1. The zero-order chi connectivity index (χ0) is 21.4.